The van der Waals surface area contributed by atoms with Crippen molar-refractivity contribution in [3.8, 4) is 0 Å². The Bertz CT molecular complexity index is 720. The molecule has 0 unspecified atom stereocenters. The minimum absolute atomic E-state index is 0.0899. The van der Waals surface area contributed by atoms with Crippen molar-refractivity contribution in [2.75, 3.05) is 13.3 Å². The van der Waals surface area contributed by atoms with Gasteiger partial charge in [0, 0.05) is 36.1 Å². The Morgan fingerprint density at radius 2 is 2.16 bits per heavy atom. The number of carbonyl (C=O) groups excluding carboxylic acids is 2. The van der Waals surface area contributed by atoms with Gasteiger partial charge in [0.2, 0.25) is 0 Å². The highest BCUT2D eigenvalue weighted by atomic mass is 32.2. The molecule has 1 amide bonds. The fourth-order valence-electron chi connectivity index (χ4n) is 4.26. The summed E-state index contributed by atoms with van der Waals surface area (Å²) >= 11 is 1.72. The van der Waals surface area contributed by atoms with Gasteiger partial charge in [0.1, 0.15) is 6.10 Å². The van der Waals surface area contributed by atoms with Gasteiger partial charge in [-0.25, -0.2) is 0 Å². The fraction of sp³-hybridized carbons (Fsp3) is 0.600. The van der Waals surface area contributed by atoms with Crippen LogP contribution in [0, 0.1) is 11.3 Å². The lowest BCUT2D eigenvalue weighted by Crippen LogP contribution is -2.48. The van der Waals surface area contributed by atoms with E-state index in [1.54, 1.807) is 16.7 Å². The zero-order valence-corrected chi connectivity index (χ0v) is 16.7. The lowest BCUT2D eigenvalue weighted by molar-refractivity contribution is -0.153. The quantitative estimate of drug-likeness (QED) is 0.719. The van der Waals surface area contributed by atoms with Crippen LogP contribution in [0.15, 0.2) is 34.6 Å². The van der Waals surface area contributed by atoms with Crippen LogP contribution in [0.1, 0.15) is 40.5 Å². The smallest absolute Gasteiger partial charge is 0.305 e. The van der Waals surface area contributed by atoms with Crippen LogP contribution in [0.2, 0.25) is 0 Å². The minimum Gasteiger partial charge on any atom is -0.461 e. The van der Waals surface area contributed by atoms with Crippen molar-refractivity contribution in [1.29, 1.82) is 0 Å². The first-order valence-electron chi connectivity index (χ1n) is 8.89. The summed E-state index contributed by atoms with van der Waals surface area (Å²) in [5, 5.41) is 0.138. The fourth-order valence-corrected chi connectivity index (χ4v) is 5.10. The third kappa shape index (κ3) is 2.67. The maximum absolute atomic E-state index is 12.4. The summed E-state index contributed by atoms with van der Waals surface area (Å²) in [7, 11) is 1.85. The lowest BCUT2D eigenvalue weighted by Gasteiger charge is -2.49. The van der Waals surface area contributed by atoms with Crippen molar-refractivity contribution in [3.05, 3.63) is 34.6 Å². The normalized spacial score (nSPS) is 34.4. The van der Waals surface area contributed by atoms with Crippen molar-refractivity contribution in [2.24, 2.45) is 11.3 Å². The van der Waals surface area contributed by atoms with Crippen molar-refractivity contribution < 1.29 is 14.3 Å². The van der Waals surface area contributed by atoms with E-state index in [0.717, 1.165) is 23.3 Å². The van der Waals surface area contributed by atoms with E-state index in [1.165, 1.54) is 5.57 Å². The molecule has 1 aliphatic heterocycles. The predicted molar refractivity (Wildman–Crippen MR) is 101 cm³/mol. The molecule has 3 rings (SSSR count). The highest BCUT2D eigenvalue weighted by Gasteiger charge is 2.50. The SMILES string of the molecule is CCC(=O)O[C@H]1[C@H](SC)C=C2C=C3C(=C(C)C(=O)N3C)C[C@]2(C)[C@H]1C. The third-order valence-electron chi connectivity index (χ3n) is 6.24. The average Bonchev–Trinajstić information content (AvgIpc) is 2.80. The van der Waals surface area contributed by atoms with Crippen molar-refractivity contribution in [1.82, 2.24) is 4.90 Å². The molecule has 0 saturated carbocycles. The molecular formula is C20H27NO3S. The van der Waals surface area contributed by atoms with Gasteiger partial charge < -0.3 is 9.64 Å². The summed E-state index contributed by atoms with van der Waals surface area (Å²) in [6, 6.07) is 0. The van der Waals surface area contributed by atoms with Crippen LogP contribution in [0.3, 0.4) is 0 Å². The Hall–Kier alpha value is -1.49. The molecule has 0 spiro atoms. The number of fused-ring (bicyclic) bond motifs is 2. The molecule has 0 saturated heterocycles. The summed E-state index contributed by atoms with van der Waals surface area (Å²) < 4.78 is 5.83. The zero-order chi connectivity index (χ0) is 18.5. The summed E-state index contributed by atoms with van der Waals surface area (Å²) in [5.74, 6) is 0.126. The van der Waals surface area contributed by atoms with Crippen LogP contribution in [0.4, 0.5) is 0 Å². The molecule has 5 heteroatoms. The van der Waals surface area contributed by atoms with Gasteiger partial charge in [-0.3, -0.25) is 9.59 Å². The first kappa shape index (κ1) is 18.3. The summed E-state index contributed by atoms with van der Waals surface area (Å²) in [6.45, 7) is 8.17. The molecule has 0 aromatic rings. The number of hydrogen-bond acceptors (Lipinski definition) is 4. The molecule has 1 heterocycles. The van der Waals surface area contributed by atoms with Crippen LogP contribution in [-0.4, -0.2) is 41.4 Å². The second kappa shape index (κ2) is 6.35. The number of allylic oxidation sites excluding steroid dienone is 3. The van der Waals surface area contributed by atoms with E-state index in [9.17, 15) is 9.59 Å². The van der Waals surface area contributed by atoms with Crippen molar-refractivity contribution in [3.63, 3.8) is 0 Å². The largest absolute Gasteiger partial charge is 0.461 e. The number of rotatable bonds is 3. The number of thioether (sulfide) groups is 1. The molecule has 2 aliphatic carbocycles. The molecule has 4 atom stereocenters. The molecule has 136 valence electrons. The van der Waals surface area contributed by atoms with Gasteiger partial charge >= 0.3 is 5.97 Å². The van der Waals surface area contributed by atoms with Crippen LogP contribution in [0.5, 0.6) is 0 Å². The third-order valence-corrected chi connectivity index (χ3v) is 7.19. The first-order valence-corrected chi connectivity index (χ1v) is 10.2. The number of carbonyl (C=O) groups is 2. The number of likely N-dealkylation sites (N-methyl/N-ethyl adjacent to an activating group) is 1. The number of amides is 1. The molecule has 0 bridgehead atoms. The molecule has 0 N–H and O–H groups in total. The van der Waals surface area contributed by atoms with Gasteiger partial charge in [-0.05, 0) is 36.8 Å². The summed E-state index contributed by atoms with van der Waals surface area (Å²) in [4.78, 5) is 26.1. The van der Waals surface area contributed by atoms with E-state index in [-0.39, 0.29) is 34.6 Å². The Morgan fingerprint density at radius 1 is 1.48 bits per heavy atom. The monoisotopic (exact) mass is 361 g/mol. The number of ether oxygens (including phenoxy) is 1. The topological polar surface area (TPSA) is 46.6 Å². The van der Waals surface area contributed by atoms with E-state index in [1.807, 2.05) is 20.9 Å². The van der Waals surface area contributed by atoms with Crippen molar-refractivity contribution in [2.45, 2.75) is 51.9 Å². The van der Waals surface area contributed by atoms with Crippen LogP contribution >= 0.6 is 11.8 Å². The Kier molecular flexibility index (Phi) is 4.65. The van der Waals surface area contributed by atoms with E-state index < -0.39 is 0 Å². The Balaban J connectivity index is 2.07. The standard InChI is InChI=1S/C20H27NO3S/c1-7-17(22)24-18-12(3)20(4)10-14-11(2)19(23)21(5)15(14)8-13(20)9-16(18)25-6/h8-9,12,16,18H,7,10H2,1-6H3/t12-,16+,18+,20+/m0/s1. The first-order chi connectivity index (χ1) is 11.7. The second-order valence-electron chi connectivity index (χ2n) is 7.51. The Labute approximate surface area is 154 Å². The summed E-state index contributed by atoms with van der Waals surface area (Å²) in [6.07, 6.45) is 7.54. The zero-order valence-electron chi connectivity index (χ0n) is 15.9. The molecule has 25 heavy (non-hydrogen) atoms. The van der Waals surface area contributed by atoms with Crippen LogP contribution in [-0.2, 0) is 14.3 Å². The molecule has 0 fully saturated rings. The van der Waals surface area contributed by atoms with E-state index in [4.69, 9.17) is 4.74 Å². The molecule has 0 aromatic carbocycles. The Morgan fingerprint density at radius 3 is 2.76 bits per heavy atom. The van der Waals surface area contributed by atoms with Gasteiger partial charge in [-0.15, -0.1) is 0 Å². The van der Waals surface area contributed by atoms with Crippen molar-refractivity contribution >= 4 is 23.6 Å². The van der Waals surface area contributed by atoms with Gasteiger partial charge in [0.25, 0.3) is 5.91 Å². The van der Waals surface area contributed by atoms with Gasteiger partial charge in [0.15, 0.2) is 0 Å². The molecule has 3 aliphatic rings. The lowest BCUT2D eigenvalue weighted by atomic mass is 9.60. The van der Waals surface area contributed by atoms with E-state index in [0.29, 0.717) is 6.42 Å². The van der Waals surface area contributed by atoms with Crippen LogP contribution in [0.25, 0.3) is 0 Å². The predicted octanol–water partition coefficient (Wildman–Crippen LogP) is 3.70. The molecule has 4 nitrogen and oxygen atoms in total. The van der Waals surface area contributed by atoms with Crippen LogP contribution < -0.4 is 0 Å². The number of nitrogens with zero attached hydrogens (tertiary/aromatic N) is 1. The van der Waals surface area contributed by atoms with Gasteiger partial charge in [0.05, 0.1) is 5.25 Å². The van der Waals surface area contributed by atoms with E-state index in [2.05, 4.69) is 32.3 Å². The molecular weight excluding hydrogens is 334 g/mol. The summed E-state index contributed by atoms with van der Waals surface area (Å²) in [5.41, 5.74) is 4.15. The highest BCUT2D eigenvalue weighted by molar-refractivity contribution is 7.99. The average molecular weight is 362 g/mol. The molecule has 0 aromatic heterocycles. The van der Waals surface area contributed by atoms with Gasteiger partial charge in [-0.1, -0.05) is 26.8 Å². The maximum atomic E-state index is 12.4. The highest BCUT2D eigenvalue weighted by Crippen LogP contribution is 2.55. The minimum atomic E-state index is -0.144. The van der Waals surface area contributed by atoms with E-state index >= 15 is 0 Å². The molecule has 0 radical (unpaired) electrons. The number of hydrogen-bond donors (Lipinski definition) is 0. The van der Waals surface area contributed by atoms with Gasteiger partial charge in [-0.2, -0.15) is 11.8 Å². The number of esters is 1. The second-order valence-corrected chi connectivity index (χ2v) is 8.53. The maximum Gasteiger partial charge on any atom is 0.305 e.